The highest BCUT2D eigenvalue weighted by Gasteiger charge is 2.34. The number of aromatic nitrogens is 2. The average molecular weight is 436 g/mol. The van der Waals surface area contributed by atoms with Crippen LogP contribution in [0.3, 0.4) is 0 Å². The number of hydrogen-bond donors (Lipinski definition) is 1. The molecule has 0 bridgehead atoms. The number of thiazole rings is 1. The monoisotopic (exact) mass is 435 g/mol. The molecule has 0 saturated heterocycles. The van der Waals surface area contributed by atoms with Gasteiger partial charge in [-0.25, -0.2) is 13.4 Å². The SMILES string of the molecule is O=S(=O)(Nc1cncc(-c2cscn2)c1)c1cc(Cl)ccc1OC(F)(F)F. The van der Waals surface area contributed by atoms with Crippen LogP contribution in [-0.4, -0.2) is 24.7 Å². The predicted octanol–water partition coefficient (Wildman–Crippen LogP) is 4.56. The second-order valence-corrected chi connectivity index (χ2v) is 7.89. The average Bonchev–Trinajstić information content (AvgIpc) is 3.09. The smallest absolute Gasteiger partial charge is 0.404 e. The van der Waals surface area contributed by atoms with Crippen molar-refractivity contribution >= 4 is 38.6 Å². The summed E-state index contributed by atoms with van der Waals surface area (Å²) >= 11 is 7.09. The number of hydrogen-bond acceptors (Lipinski definition) is 6. The molecule has 0 aliphatic rings. The molecule has 0 radical (unpaired) electrons. The van der Waals surface area contributed by atoms with Crippen LogP contribution in [0.2, 0.25) is 5.02 Å². The number of ether oxygens (including phenoxy) is 1. The first-order chi connectivity index (χ1) is 12.6. The normalized spacial score (nSPS) is 12.0. The number of halogens is 4. The van der Waals surface area contributed by atoms with Crippen LogP contribution in [0.4, 0.5) is 18.9 Å². The first-order valence-electron chi connectivity index (χ1n) is 7.06. The summed E-state index contributed by atoms with van der Waals surface area (Å²) in [6.45, 7) is 0. The largest absolute Gasteiger partial charge is 0.573 e. The van der Waals surface area contributed by atoms with E-state index in [-0.39, 0.29) is 10.7 Å². The molecule has 27 heavy (non-hydrogen) atoms. The summed E-state index contributed by atoms with van der Waals surface area (Å²) in [5.41, 5.74) is 2.75. The number of sulfonamides is 1. The van der Waals surface area contributed by atoms with E-state index in [0.29, 0.717) is 11.3 Å². The molecule has 3 aromatic rings. The Bertz CT molecular complexity index is 1060. The molecule has 12 heteroatoms. The minimum Gasteiger partial charge on any atom is -0.404 e. The fourth-order valence-corrected chi connectivity index (χ4v) is 4.09. The summed E-state index contributed by atoms with van der Waals surface area (Å²) in [6.07, 6.45) is -2.38. The number of pyridine rings is 1. The number of alkyl halides is 3. The summed E-state index contributed by atoms with van der Waals surface area (Å²) < 4.78 is 68.8. The lowest BCUT2D eigenvalue weighted by atomic mass is 10.2. The second-order valence-electron chi connectivity index (χ2n) is 5.08. The Morgan fingerprint density at radius 1 is 1.19 bits per heavy atom. The Labute approximate surface area is 160 Å². The van der Waals surface area contributed by atoms with Crippen molar-refractivity contribution in [2.75, 3.05) is 4.72 Å². The highest BCUT2D eigenvalue weighted by molar-refractivity contribution is 7.92. The van der Waals surface area contributed by atoms with E-state index in [1.807, 2.05) is 0 Å². The molecule has 3 rings (SSSR count). The number of benzene rings is 1. The van der Waals surface area contributed by atoms with Crippen molar-refractivity contribution in [1.82, 2.24) is 9.97 Å². The van der Waals surface area contributed by atoms with E-state index in [2.05, 4.69) is 19.4 Å². The van der Waals surface area contributed by atoms with Crippen molar-refractivity contribution in [2.45, 2.75) is 11.3 Å². The maximum atomic E-state index is 12.6. The van der Waals surface area contributed by atoms with Crippen LogP contribution in [0.25, 0.3) is 11.3 Å². The van der Waals surface area contributed by atoms with Crippen LogP contribution in [-0.2, 0) is 10.0 Å². The Balaban J connectivity index is 1.96. The van der Waals surface area contributed by atoms with E-state index in [4.69, 9.17) is 11.6 Å². The van der Waals surface area contributed by atoms with Gasteiger partial charge in [-0.2, -0.15) is 0 Å². The summed E-state index contributed by atoms with van der Waals surface area (Å²) in [5, 5.41) is 1.67. The highest BCUT2D eigenvalue weighted by atomic mass is 35.5. The predicted molar refractivity (Wildman–Crippen MR) is 94.3 cm³/mol. The zero-order valence-corrected chi connectivity index (χ0v) is 15.5. The molecule has 0 unspecified atom stereocenters. The molecule has 0 saturated carbocycles. The van der Waals surface area contributed by atoms with Crippen LogP contribution in [0.1, 0.15) is 0 Å². The van der Waals surface area contributed by atoms with Crippen molar-refractivity contribution in [3.63, 3.8) is 0 Å². The van der Waals surface area contributed by atoms with E-state index in [1.165, 1.54) is 29.8 Å². The second kappa shape index (κ2) is 7.33. The van der Waals surface area contributed by atoms with E-state index in [9.17, 15) is 21.6 Å². The lowest BCUT2D eigenvalue weighted by Crippen LogP contribution is -2.21. The summed E-state index contributed by atoms with van der Waals surface area (Å²) in [4.78, 5) is 7.25. The molecule has 0 atom stereocenters. The van der Waals surface area contributed by atoms with Gasteiger partial charge in [0, 0.05) is 22.2 Å². The third-order valence-electron chi connectivity index (χ3n) is 3.14. The molecule has 0 fully saturated rings. The molecule has 2 heterocycles. The van der Waals surface area contributed by atoms with Crippen molar-refractivity contribution in [2.24, 2.45) is 0 Å². The van der Waals surface area contributed by atoms with Crippen LogP contribution in [0.5, 0.6) is 5.75 Å². The van der Waals surface area contributed by atoms with Gasteiger partial charge in [0.2, 0.25) is 0 Å². The van der Waals surface area contributed by atoms with Gasteiger partial charge in [-0.3, -0.25) is 9.71 Å². The van der Waals surface area contributed by atoms with Gasteiger partial charge < -0.3 is 4.74 Å². The maximum Gasteiger partial charge on any atom is 0.573 e. The van der Waals surface area contributed by atoms with Crippen LogP contribution < -0.4 is 9.46 Å². The topological polar surface area (TPSA) is 81.2 Å². The molecule has 6 nitrogen and oxygen atoms in total. The van der Waals surface area contributed by atoms with Gasteiger partial charge in [0.25, 0.3) is 10.0 Å². The molecule has 142 valence electrons. The molecule has 0 spiro atoms. The highest BCUT2D eigenvalue weighted by Crippen LogP contribution is 2.33. The van der Waals surface area contributed by atoms with Crippen molar-refractivity contribution in [3.05, 3.63) is 52.6 Å². The number of rotatable bonds is 5. The first kappa shape index (κ1) is 19.4. The molecule has 1 N–H and O–H groups in total. The van der Waals surface area contributed by atoms with Crippen LogP contribution in [0, 0.1) is 0 Å². The summed E-state index contributed by atoms with van der Waals surface area (Å²) in [6, 6.07) is 4.23. The first-order valence-corrected chi connectivity index (χ1v) is 9.86. The van der Waals surface area contributed by atoms with Crippen LogP contribution >= 0.6 is 22.9 Å². The van der Waals surface area contributed by atoms with Crippen molar-refractivity contribution in [1.29, 1.82) is 0 Å². The lowest BCUT2D eigenvalue weighted by Gasteiger charge is -2.15. The molecule has 0 amide bonds. The fraction of sp³-hybridized carbons (Fsp3) is 0.0667. The van der Waals surface area contributed by atoms with Gasteiger partial charge in [-0.05, 0) is 24.3 Å². The summed E-state index contributed by atoms with van der Waals surface area (Å²) in [5.74, 6) is -0.900. The standard InChI is InChI=1S/C15H9ClF3N3O3S2/c16-10-1-2-13(25-15(17,18)19)14(4-10)27(23,24)22-11-3-9(5-20-6-11)12-7-26-8-21-12/h1-8,22H. The van der Waals surface area contributed by atoms with Gasteiger partial charge in [-0.1, -0.05) is 11.6 Å². The minimum absolute atomic E-state index is 0.0402. The Kier molecular flexibility index (Phi) is 5.27. The van der Waals surface area contributed by atoms with E-state index in [1.54, 1.807) is 10.9 Å². The van der Waals surface area contributed by atoms with Gasteiger partial charge in [0.1, 0.15) is 10.6 Å². The Morgan fingerprint density at radius 3 is 2.63 bits per heavy atom. The zero-order valence-electron chi connectivity index (χ0n) is 13.1. The molecular weight excluding hydrogens is 427 g/mol. The van der Waals surface area contributed by atoms with E-state index >= 15 is 0 Å². The van der Waals surface area contributed by atoms with Crippen molar-refractivity contribution < 1.29 is 26.3 Å². The molecule has 0 aliphatic heterocycles. The molecular formula is C15H9ClF3N3O3S2. The molecule has 2 aromatic heterocycles. The number of nitrogens with one attached hydrogen (secondary N) is 1. The number of anilines is 1. The fourth-order valence-electron chi connectivity index (χ4n) is 2.10. The van der Waals surface area contributed by atoms with Gasteiger partial charge in [0.05, 0.1) is 23.1 Å². The van der Waals surface area contributed by atoms with Gasteiger partial charge >= 0.3 is 6.36 Å². The number of nitrogens with zero attached hydrogens (tertiary/aromatic N) is 2. The maximum absolute atomic E-state index is 12.6. The molecule has 1 aromatic carbocycles. The third-order valence-corrected chi connectivity index (χ3v) is 5.36. The Morgan fingerprint density at radius 2 is 1.96 bits per heavy atom. The quantitative estimate of drug-likeness (QED) is 0.635. The third kappa shape index (κ3) is 4.87. The molecule has 0 aliphatic carbocycles. The minimum atomic E-state index is -5.07. The lowest BCUT2D eigenvalue weighted by molar-refractivity contribution is -0.275. The van der Waals surface area contributed by atoms with Crippen molar-refractivity contribution in [3.8, 4) is 17.0 Å². The van der Waals surface area contributed by atoms with Gasteiger partial charge in [-0.15, -0.1) is 24.5 Å². The zero-order chi connectivity index (χ0) is 19.7. The summed E-state index contributed by atoms with van der Waals surface area (Å²) in [7, 11) is -4.44. The Hall–Kier alpha value is -2.37. The van der Waals surface area contributed by atoms with Crippen LogP contribution in [0.15, 0.2) is 52.4 Å². The van der Waals surface area contributed by atoms with Gasteiger partial charge in [0.15, 0.2) is 0 Å². The van der Waals surface area contributed by atoms with E-state index in [0.717, 1.165) is 18.2 Å². The van der Waals surface area contributed by atoms with E-state index < -0.39 is 27.0 Å².